The predicted octanol–water partition coefficient (Wildman–Crippen LogP) is 5.08. The molecule has 0 aliphatic rings. The second-order valence-corrected chi connectivity index (χ2v) is 5.17. The molecule has 1 radical (unpaired) electrons. The van der Waals surface area contributed by atoms with Crippen molar-refractivity contribution >= 4 is 11.8 Å². The molecule has 85 valence electrons. The monoisotopic (exact) mass is 215 g/mol. The van der Waals surface area contributed by atoms with Crippen molar-refractivity contribution in [2.24, 2.45) is 0 Å². The van der Waals surface area contributed by atoms with E-state index in [1.807, 2.05) is 0 Å². The van der Waals surface area contributed by atoms with Crippen molar-refractivity contribution in [2.75, 3.05) is 11.5 Å². The van der Waals surface area contributed by atoms with Gasteiger partial charge in [0.15, 0.2) is 0 Å². The molecule has 0 aromatic rings. The van der Waals surface area contributed by atoms with Gasteiger partial charge in [0.1, 0.15) is 0 Å². The highest BCUT2D eigenvalue weighted by Gasteiger charge is 1.91. The minimum atomic E-state index is 1.12. The van der Waals surface area contributed by atoms with Crippen molar-refractivity contribution in [3.05, 3.63) is 6.92 Å². The molecule has 0 aliphatic heterocycles. The number of unbranched alkanes of at least 4 members (excludes halogenated alkanes) is 7. The molecule has 0 unspecified atom stereocenters. The molecule has 0 amide bonds. The molecule has 0 aromatic heterocycles. The first-order valence-electron chi connectivity index (χ1n) is 6.28. The number of hydrogen-bond acceptors (Lipinski definition) is 1. The average molecular weight is 215 g/mol. The van der Waals surface area contributed by atoms with E-state index in [-0.39, 0.29) is 0 Å². The third-order valence-electron chi connectivity index (χ3n) is 2.43. The largest absolute Gasteiger partial charge is 0.162 e. The van der Waals surface area contributed by atoms with Crippen molar-refractivity contribution in [2.45, 2.75) is 64.7 Å². The SMILES string of the molecule is [CH2]CCCCCCCSCCCCC. The summed E-state index contributed by atoms with van der Waals surface area (Å²) in [5.41, 5.74) is 0. The van der Waals surface area contributed by atoms with Crippen molar-refractivity contribution in [1.29, 1.82) is 0 Å². The molecular formula is C13H27S. The van der Waals surface area contributed by atoms with Gasteiger partial charge in [0.25, 0.3) is 0 Å². The molecule has 14 heavy (non-hydrogen) atoms. The lowest BCUT2D eigenvalue weighted by Gasteiger charge is -2.01. The first-order chi connectivity index (χ1) is 6.91. The molecule has 0 fully saturated rings. The van der Waals surface area contributed by atoms with Crippen LogP contribution >= 0.6 is 11.8 Å². The van der Waals surface area contributed by atoms with Crippen LogP contribution in [-0.2, 0) is 0 Å². The molecule has 1 heteroatoms. The fourth-order valence-corrected chi connectivity index (χ4v) is 2.49. The highest BCUT2D eigenvalue weighted by atomic mass is 32.2. The number of thioether (sulfide) groups is 1. The molecule has 0 heterocycles. The van der Waals surface area contributed by atoms with Gasteiger partial charge in [0, 0.05) is 0 Å². The van der Waals surface area contributed by atoms with Gasteiger partial charge < -0.3 is 0 Å². The van der Waals surface area contributed by atoms with Gasteiger partial charge in [-0.05, 0) is 24.3 Å². The zero-order valence-electron chi connectivity index (χ0n) is 9.89. The average Bonchev–Trinajstić information content (AvgIpc) is 2.21. The third kappa shape index (κ3) is 12.3. The summed E-state index contributed by atoms with van der Waals surface area (Å²) in [5.74, 6) is 2.76. The minimum absolute atomic E-state index is 1.12. The van der Waals surface area contributed by atoms with Crippen LogP contribution in [0.2, 0.25) is 0 Å². The van der Waals surface area contributed by atoms with Crippen molar-refractivity contribution in [3.63, 3.8) is 0 Å². The Kier molecular flexibility index (Phi) is 13.7. The van der Waals surface area contributed by atoms with Gasteiger partial charge in [-0.2, -0.15) is 11.8 Å². The molecule has 0 spiro atoms. The van der Waals surface area contributed by atoms with Crippen LogP contribution in [0.15, 0.2) is 0 Å². The van der Waals surface area contributed by atoms with E-state index in [0.29, 0.717) is 0 Å². The van der Waals surface area contributed by atoms with Crippen LogP contribution < -0.4 is 0 Å². The quantitative estimate of drug-likeness (QED) is 0.433. The Hall–Kier alpha value is 0.350. The highest BCUT2D eigenvalue weighted by molar-refractivity contribution is 7.99. The molecule has 0 saturated heterocycles. The van der Waals surface area contributed by atoms with Crippen LogP contribution in [0.25, 0.3) is 0 Å². The Balaban J connectivity index is 2.78. The molecule has 0 saturated carbocycles. The van der Waals surface area contributed by atoms with Gasteiger partial charge in [-0.1, -0.05) is 58.8 Å². The van der Waals surface area contributed by atoms with E-state index in [2.05, 4.69) is 25.6 Å². The molecule has 0 nitrogen and oxygen atoms in total. The van der Waals surface area contributed by atoms with Crippen LogP contribution in [0, 0.1) is 6.92 Å². The molecule has 0 atom stereocenters. The maximum absolute atomic E-state index is 3.86. The Morgan fingerprint density at radius 3 is 2.00 bits per heavy atom. The Bertz CT molecular complexity index is 79.2. The lowest BCUT2D eigenvalue weighted by molar-refractivity contribution is 0.639. The molecular weight excluding hydrogens is 188 g/mol. The van der Waals surface area contributed by atoms with E-state index in [9.17, 15) is 0 Å². The summed E-state index contributed by atoms with van der Waals surface area (Å²) in [6, 6.07) is 0. The second-order valence-electron chi connectivity index (χ2n) is 3.94. The van der Waals surface area contributed by atoms with E-state index in [1.54, 1.807) is 0 Å². The molecule has 0 N–H and O–H groups in total. The van der Waals surface area contributed by atoms with E-state index in [0.717, 1.165) is 6.42 Å². The summed E-state index contributed by atoms with van der Waals surface area (Å²) in [7, 11) is 0. The first-order valence-corrected chi connectivity index (χ1v) is 7.44. The first kappa shape index (κ1) is 14.3. The standard InChI is InChI=1S/C13H27S/c1-3-5-7-8-9-11-13-14-12-10-6-4-2/h1,3-13H2,2H3. The van der Waals surface area contributed by atoms with Gasteiger partial charge in [-0.15, -0.1) is 0 Å². The van der Waals surface area contributed by atoms with Gasteiger partial charge >= 0.3 is 0 Å². The summed E-state index contributed by atoms with van der Waals surface area (Å²) >= 11 is 2.14. The van der Waals surface area contributed by atoms with Crippen LogP contribution in [0.3, 0.4) is 0 Å². The Morgan fingerprint density at radius 2 is 1.36 bits per heavy atom. The fraction of sp³-hybridized carbons (Fsp3) is 0.923. The number of hydrogen-bond donors (Lipinski definition) is 0. The van der Waals surface area contributed by atoms with E-state index in [4.69, 9.17) is 0 Å². The summed E-state index contributed by atoms with van der Waals surface area (Å²) in [6.07, 6.45) is 12.3. The maximum atomic E-state index is 3.86. The predicted molar refractivity (Wildman–Crippen MR) is 69.9 cm³/mol. The van der Waals surface area contributed by atoms with E-state index in [1.165, 1.54) is 62.9 Å². The molecule has 0 aromatic carbocycles. The molecule has 0 bridgehead atoms. The topological polar surface area (TPSA) is 0 Å². The highest BCUT2D eigenvalue weighted by Crippen LogP contribution is 2.11. The van der Waals surface area contributed by atoms with Crippen LogP contribution in [0.5, 0.6) is 0 Å². The minimum Gasteiger partial charge on any atom is -0.162 e. The van der Waals surface area contributed by atoms with Gasteiger partial charge in [0.05, 0.1) is 0 Å². The van der Waals surface area contributed by atoms with Crippen molar-refractivity contribution in [1.82, 2.24) is 0 Å². The van der Waals surface area contributed by atoms with Crippen LogP contribution in [0.4, 0.5) is 0 Å². The Labute approximate surface area is 95.2 Å². The van der Waals surface area contributed by atoms with E-state index >= 15 is 0 Å². The molecule has 0 rings (SSSR count). The van der Waals surface area contributed by atoms with Gasteiger partial charge in [-0.25, -0.2) is 0 Å². The third-order valence-corrected chi connectivity index (χ3v) is 3.59. The van der Waals surface area contributed by atoms with E-state index < -0.39 is 0 Å². The lowest BCUT2D eigenvalue weighted by Crippen LogP contribution is -1.85. The van der Waals surface area contributed by atoms with Gasteiger partial charge in [-0.3, -0.25) is 0 Å². The zero-order valence-corrected chi connectivity index (χ0v) is 10.7. The lowest BCUT2D eigenvalue weighted by atomic mass is 10.1. The summed E-state index contributed by atoms with van der Waals surface area (Å²) < 4.78 is 0. The fourth-order valence-electron chi connectivity index (χ4n) is 1.47. The molecule has 0 aliphatic carbocycles. The smallest absolute Gasteiger partial charge is 0.00675 e. The van der Waals surface area contributed by atoms with Gasteiger partial charge in [0.2, 0.25) is 0 Å². The number of rotatable bonds is 11. The van der Waals surface area contributed by atoms with Crippen LogP contribution in [-0.4, -0.2) is 11.5 Å². The maximum Gasteiger partial charge on any atom is -0.00675 e. The summed E-state index contributed by atoms with van der Waals surface area (Å²) in [4.78, 5) is 0. The second kappa shape index (κ2) is 13.4. The zero-order chi connectivity index (χ0) is 10.5. The summed E-state index contributed by atoms with van der Waals surface area (Å²) in [5, 5.41) is 0. The normalized spacial score (nSPS) is 10.7. The van der Waals surface area contributed by atoms with Crippen LogP contribution in [0.1, 0.15) is 64.7 Å². The van der Waals surface area contributed by atoms with Crippen molar-refractivity contribution in [3.8, 4) is 0 Å². The summed E-state index contributed by atoms with van der Waals surface area (Å²) in [6.45, 7) is 6.13. The Morgan fingerprint density at radius 1 is 0.786 bits per heavy atom. The van der Waals surface area contributed by atoms with Crippen molar-refractivity contribution < 1.29 is 0 Å².